The number of nitrogens with zero attached hydrogens (tertiary/aromatic N) is 4. The van der Waals surface area contributed by atoms with Gasteiger partial charge in [0.15, 0.2) is 11.5 Å². The largest absolute Gasteiger partial charge is 0.490 e. The van der Waals surface area contributed by atoms with Crippen molar-refractivity contribution in [3.63, 3.8) is 0 Å². The summed E-state index contributed by atoms with van der Waals surface area (Å²) >= 11 is 0. The first-order chi connectivity index (χ1) is 13.6. The molecule has 1 heterocycles. The molecular weight excluding hydrogens is 372 g/mol. The minimum Gasteiger partial charge on any atom is -0.490 e. The number of carbonyl (C=O) groups is 1. The van der Waals surface area contributed by atoms with E-state index < -0.39 is 12.5 Å². The van der Waals surface area contributed by atoms with E-state index in [9.17, 15) is 13.6 Å². The zero-order valence-corrected chi connectivity index (χ0v) is 14.9. The Hall–Kier alpha value is -3.56. The Bertz CT molecular complexity index is 990. The zero-order valence-electron chi connectivity index (χ0n) is 14.9. The van der Waals surface area contributed by atoms with Crippen molar-refractivity contribution < 1.29 is 23.0 Å². The van der Waals surface area contributed by atoms with Crippen LogP contribution in [0.1, 0.15) is 12.5 Å². The predicted molar refractivity (Wildman–Crippen MR) is 97.5 cm³/mol. The molecule has 0 radical (unpaired) electrons. The van der Waals surface area contributed by atoms with Crippen LogP contribution >= 0.6 is 0 Å². The van der Waals surface area contributed by atoms with Gasteiger partial charge >= 0.3 is 6.61 Å². The van der Waals surface area contributed by atoms with E-state index in [2.05, 4.69) is 25.6 Å². The Balaban J connectivity index is 1.70. The summed E-state index contributed by atoms with van der Waals surface area (Å²) in [4.78, 5) is 12.1. The molecule has 0 atom stereocenters. The number of ether oxygens (including phenoxy) is 2. The normalized spacial score (nSPS) is 11.3. The lowest BCUT2D eigenvalue weighted by atomic mass is 10.2. The van der Waals surface area contributed by atoms with Crippen LogP contribution in [-0.4, -0.2) is 40.3 Å². The van der Waals surface area contributed by atoms with Gasteiger partial charge in [-0.1, -0.05) is 23.4 Å². The Kier molecular flexibility index (Phi) is 6.10. The number of hydrazone groups is 1. The number of carbonyl (C=O) groups excluding carboxylic acids is 1. The fourth-order valence-corrected chi connectivity index (χ4v) is 2.50. The number of para-hydroxylation sites is 2. The molecule has 0 saturated carbocycles. The number of aromatic nitrogens is 3. The van der Waals surface area contributed by atoms with Gasteiger partial charge in [-0.2, -0.15) is 13.9 Å². The Morgan fingerprint density at radius 3 is 2.89 bits per heavy atom. The summed E-state index contributed by atoms with van der Waals surface area (Å²) in [5, 5.41) is 11.7. The summed E-state index contributed by atoms with van der Waals surface area (Å²) in [6, 6.07) is 11.8. The fourth-order valence-electron chi connectivity index (χ4n) is 2.50. The lowest BCUT2D eigenvalue weighted by molar-refractivity contribution is -0.121. The standard InChI is InChI=1S/C18H17F2N5O3/c1-2-27-15-9-5-6-12(17(15)28-18(19)20)10-21-23-16(26)11-25-14-8-4-3-7-13(14)22-24-25/h3-10,18H,2,11H2,1H3,(H,23,26)/b21-10-. The van der Waals surface area contributed by atoms with Crippen molar-refractivity contribution in [3.05, 3.63) is 48.0 Å². The summed E-state index contributed by atoms with van der Waals surface area (Å²) < 4.78 is 36.7. The van der Waals surface area contributed by atoms with Crippen LogP contribution in [0.4, 0.5) is 8.78 Å². The van der Waals surface area contributed by atoms with E-state index in [4.69, 9.17) is 4.74 Å². The second-order valence-electron chi connectivity index (χ2n) is 5.52. The van der Waals surface area contributed by atoms with Gasteiger partial charge in [0.2, 0.25) is 0 Å². The van der Waals surface area contributed by atoms with Gasteiger partial charge in [-0.15, -0.1) is 5.10 Å². The van der Waals surface area contributed by atoms with Crippen LogP contribution in [0.15, 0.2) is 47.6 Å². The summed E-state index contributed by atoms with van der Waals surface area (Å²) in [7, 11) is 0. The Labute approximate surface area is 158 Å². The van der Waals surface area contributed by atoms with Crippen molar-refractivity contribution in [2.75, 3.05) is 6.61 Å². The van der Waals surface area contributed by atoms with Crippen molar-refractivity contribution in [1.82, 2.24) is 20.4 Å². The topological polar surface area (TPSA) is 90.6 Å². The van der Waals surface area contributed by atoms with E-state index in [1.54, 1.807) is 25.1 Å². The van der Waals surface area contributed by atoms with Crippen LogP contribution < -0.4 is 14.9 Å². The maximum Gasteiger partial charge on any atom is 0.387 e. The fraction of sp³-hybridized carbons (Fsp3) is 0.222. The highest BCUT2D eigenvalue weighted by Gasteiger charge is 2.15. The summed E-state index contributed by atoms with van der Waals surface area (Å²) in [5.41, 5.74) is 3.93. The van der Waals surface area contributed by atoms with E-state index >= 15 is 0 Å². The lowest BCUT2D eigenvalue weighted by Gasteiger charge is -2.13. The van der Waals surface area contributed by atoms with Crippen molar-refractivity contribution in [1.29, 1.82) is 0 Å². The van der Waals surface area contributed by atoms with Crippen LogP contribution in [0.5, 0.6) is 11.5 Å². The van der Waals surface area contributed by atoms with Gasteiger partial charge < -0.3 is 9.47 Å². The summed E-state index contributed by atoms with van der Waals surface area (Å²) in [6.07, 6.45) is 1.21. The number of hydrogen-bond donors (Lipinski definition) is 1. The average molecular weight is 389 g/mol. The predicted octanol–water partition coefficient (Wildman–Crippen LogP) is 2.58. The van der Waals surface area contributed by atoms with E-state index in [1.165, 1.54) is 23.0 Å². The van der Waals surface area contributed by atoms with E-state index in [0.717, 1.165) is 0 Å². The van der Waals surface area contributed by atoms with Gasteiger partial charge in [0.1, 0.15) is 12.1 Å². The minimum absolute atomic E-state index is 0.1000. The Morgan fingerprint density at radius 2 is 2.11 bits per heavy atom. The van der Waals surface area contributed by atoms with Crippen molar-refractivity contribution in [2.24, 2.45) is 5.10 Å². The zero-order chi connectivity index (χ0) is 19.9. The van der Waals surface area contributed by atoms with Gasteiger partial charge in [0, 0.05) is 5.56 Å². The van der Waals surface area contributed by atoms with E-state index in [-0.39, 0.29) is 30.2 Å². The number of halogens is 2. The third kappa shape index (κ3) is 4.58. The summed E-state index contributed by atoms with van der Waals surface area (Å²) in [6.45, 7) is -1.12. The molecule has 0 aliphatic heterocycles. The van der Waals surface area contributed by atoms with Crippen LogP contribution in [0.2, 0.25) is 0 Å². The second kappa shape index (κ2) is 8.89. The molecule has 3 aromatic rings. The molecule has 0 bridgehead atoms. The number of hydrogen-bond acceptors (Lipinski definition) is 6. The molecule has 1 aromatic heterocycles. The summed E-state index contributed by atoms with van der Waals surface area (Å²) in [5.74, 6) is -0.448. The molecule has 0 fully saturated rings. The van der Waals surface area contributed by atoms with Crippen LogP contribution in [0, 0.1) is 0 Å². The molecule has 1 N–H and O–H groups in total. The maximum absolute atomic E-state index is 12.7. The van der Waals surface area contributed by atoms with Crippen LogP contribution in [0.25, 0.3) is 11.0 Å². The number of nitrogens with one attached hydrogen (secondary N) is 1. The Morgan fingerprint density at radius 1 is 1.29 bits per heavy atom. The van der Waals surface area contributed by atoms with Crippen molar-refractivity contribution >= 4 is 23.2 Å². The molecule has 0 saturated heterocycles. The monoisotopic (exact) mass is 389 g/mol. The molecule has 146 valence electrons. The van der Waals surface area contributed by atoms with E-state index in [0.29, 0.717) is 11.0 Å². The molecule has 3 rings (SSSR count). The molecule has 0 aliphatic carbocycles. The number of amides is 1. The minimum atomic E-state index is -3.02. The van der Waals surface area contributed by atoms with Gasteiger partial charge in [-0.3, -0.25) is 4.79 Å². The molecule has 0 spiro atoms. The smallest absolute Gasteiger partial charge is 0.387 e. The molecule has 1 amide bonds. The van der Waals surface area contributed by atoms with Gasteiger partial charge in [0.25, 0.3) is 5.91 Å². The maximum atomic E-state index is 12.7. The third-order valence-electron chi connectivity index (χ3n) is 3.62. The molecule has 0 aliphatic rings. The molecule has 10 heteroatoms. The quantitative estimate of drug-likeness (QED) is 0.472. The number of benzene rings is 2. The number of rotatable bonds is 8. The van der Waals surface area contributed by atoms with Crippen molar-refractivity contribution in [2.45, 2.75) is 20.1 Å². The van der Waals surface area contributed by atoms with Crippen LogP contribution in [0.3, 0.4) is 0 Å². The van der Waals surface area contributed by atoms with Crippen molar-refractivity contribution in [3.8, 4) is 11.5 Å². The highest BCUT2D eigenvalue weighted by atomic mass is 19.3. The first-order valence-corrected chi connectivity index (χ1v) is 8.39. The first-order valence-electron chi connectivity index (χ1n) is 8.39. The van der Waals surface area contributed by atoms with Gasteiger partial charge in [0.05, 0.1) is 18.3 Å². The second-order valence-corrected chi connectivity index (χ2v) is 5.52. The highest BCUT2D eigenvalue weighted by Crippen LogP contribution is 2.31. The van der Waals surface area contributed by atoms with Gasteiger partial charge in [-0.05, 0) is 31.2 Å². The van der Waals surface area contributed by atoms with E-state index in [1.807, 2.05) is 12.1 Å². The highest BCUT2D eigenvalue weighted by molar-refractivity contribution is 5.86. The third-order valence-corrected chi connectivity index (χ3v) is 3.62. The number of alkyl halides is 2. The number of fused-ring (bicyclic) bond motifs is 1. The molecule has 2 aromatic carbocycles. The lowest BCUT2D eigenvalue weighted by Crippen LogP contribution is -2.23. The first kappa shape index (κ1) is 19.2. The molecule has 28 heavy (non-hydrogen) atoms. The molecular formula is C18H17F2N5O3. The average Bonchev–Trinajstić information content (AvgIpc) is 3.07. The molecule has 0 unspecified atom stereocenters. The molecule has 8 nitrogen and oxygen atoms in total. The van der Waals surface area contributed by atoms with Crippen LogP contribution in [-0.2, 0) is 11.3 Å². The van der Waals surface area contributed by atoms with Gasteiger partial charge in [-0.25, -0.2) is 10.1 Å². The SMILES string of the molecule is CCOc1cccc(/C=N\NC(=O)Cn2nnc3ccccc32)c1OC(F)F.